The number of rotatable bonds is 6. The Kier molecular flexibility index (Phi) is 6.10. The van der Waals surface area contributed by atoms with Gasteiger partial charge in [-0.2, -0.15) is 0 Å². The molecule has 0 aliphatic carbocycles. The van der Waals surface area contributed by atoms with Gasteiger partial charge in [0.05, 0.1) is 0 Å². The van der Waals surface area contributed by atoms with Crippen LogP contribution in [0, 0.1) is 6.92 Å². The van der Waals surface area contributed by atoms with Crippen molar-refractivity contribution >= 4 is 23.2 Å². The molecule has 1 atom stereocenters. The first kappa shape index (κ1) is 16.4. The van der Waals surface area contributed by atoms with E-state index in [0.29, 0.717) is 0 Å². The second kappa shape index (κ2) is 7.84. The average Bonchev–Trinajstić information content (AvgIpc) is 2.45. The van der Waals surface area contributed by atoms with Gasteiger partial charge in [-0.05, 0) is 61.2 Å². The Labute approximate surface area is 137 Å². The van der Waals surface area contributed by atoms with Crippen LogP contribution in [-0.2, 0) is 6.42 Å². The summed E-state index contributed by atoms with van der Waals surface area (Å²) in [5.74, 6) is 0. The van der Waals surface area contributed by atoms with E-state index in [4.69, 9.17) is 23.2 Å². The minimum absolute atomic E-state index is 0.226. The summed E-state index contributed by atoms with van der Waals surface area (Å²) < 4.78 is 0. The number of nitrogens with one attached hydrogen (secondary N) is 1. The molecule has 0 heterocycles. The van der Waals surface area contributed by atoms with E-state index in [1.54, 1.807) is 0 Å². The second-order valence-electron chi connectivity index (χ2n) is 5.36. The van der Waals surface area contributed by atoms with Crippen molar-refractivity contribution in [2.24, 2.45) is 0 Å². The smallest absolute Gasteiger partial charge is 0.0441 e. The molecule has 1 N–H and O–H groups in total. The van der Waals surface area contributed by atoms with Crippen molar-refractivity contribution in [2.45, 2.75) is 32.7 Å². The van der Waals surface area contributed by atoms with Crippen molar-refractivity contribution in [3.8, 4) is 0 Å². The molecule has 0 aliphatic heterocycles. The summed E-state index contributed by atoms with van der Waals surface area (Å²) in [5.41, 5.74) is 3.55. The van der Waals surface area contributed by atoms with E-state index in [1.165, 1.54) is 11.1 Å². The number of benzene rings is 2. The fourth-order valence-electron chi connectivity index (χ4n) is 2.39. The fourth-order valence-corrected chi connectivity index (χ4v) is 2.90. The summed E-state index contributed by atoms with van der Waals surface area (Å²) in [6.45, 7) is 5.20. The predicted molar refractivity (Wildman–Crippen MR) is 92.4 cm³/mol. The molecular formula is C18H21Cl2N. The third kappa shape index (κ3) is 4.74. The maximum absolute atomic E-state index is 6.37. The molecule has 0 saturated heterocycles. The maximum atomic E-state index is 6.37. The third-order valence-corrected chi connectivity index (χ3v) is 4.11. The molecule has 0 saturated carbocycles. The molecule has 2 aromatic carbocycles. The van der Waals surface area contributed by atoms with E-state index >= 15 is 0 Å². The molecule has 1 nitrogen and oxygen atoms in total. The highest BCUT2D eigenvalue weighted by Gasteiger charge is 2.13. The molecule has 0 bridgehead atoms. The highest BCUT2D eigenvalue weighted by molar-refractivity contribution is 6.31. The molecule has 0 radical (unpaired) electrons. The van der Waals surface area contributed by atoms with Gasteiger partial charge in [0.25, 0.3) is 0 Å². The van der Waals surface area contributed by atoms with Gasteiger partial charge in [0, 0.05) is 16.1 Å². The van der Waals surface area contributed by atoms with Gasteiger partial charge < -0.3 is 5.32 Å². The lowest BCUT2D eigenvalue weighted by Crippen LogP contribution is -2.24. The molecule has 0 spiro atoms. The molecule has 2 aromatic rings. The largest absolute Gasteiger partial charge is 0.310 e. The Morgan fingerprint density at radius 3 is 2.57 bits per heavy atom. The van der Waals surface area contributed by atoms with E-state index in [2.05, 4.69) is 37.4 Å². The first-order valence-corrected chi connectivity index (χ1v) is 8.09. The van der Waals surface area contributed by atoms with Gasteiger partial charge in [0.15, 0.2) is 0 Å². The maximum Gasteiger partial charge on any atom is 0.0441 e. The first-order chi connectivity index (χ1) is 10.1. The first-order valence-electron chi connectivity index (χ1n) is 7.34. The third-order valence-electron chi connectivity index (χ3n) is 3.52. The molecule has 1 unspecified atom stereocenters. The molecule has 112 valence electrons. The zero-order valence-corrected chi connectivity index (χ0v) is 14.0. The number of hydrogen-bond donors (Lipinski definition) is 1. The van der Waals surface area contributed by atoms with E-state index < -0.39 is 0 Å². The minimum atomic E-state index is 0.226. The van der Waals surface area contributed by atoms with Crippen LogP contribution in [0.5, 0.6) is 0 Å². The van der Waals surface area contributed by atoms with Crippen LogP contribution >= 0.6 is 23.2 Å². The summed E-state index contributed by atoms with van der Waals surface area (Å²) >= 11 is 12.5. The lowest BCUT2D eigenvalue weighted by atomic mass is 9.98. The highest BCUT2D eigenvalue weighted by Crippen LogP contribution is 2.26. The normalized spacial score (nSPS) is 12.4. The van der Waals surface area contributed by atoms with Crippen molar-refractivity contribution in [1.29, 1.82) is 0 Å². The zero-order chi connectivity index (χ0) is 15.2. The number of halogens is 2. The van der Waals surface area contributed by atoms with E-state index in [-0.39, 0.29) is 6.04 Å². The van der Waals surface area contributed by atoms with Gasteiger partial charge in [-0.3, -0.25) is 0 Å². The highest BCUT2D eigenvalue weighted by atomic mass is 35.5. The van der Waals surface area contributed by atoms with Crippen LogP contribution in [-0.4, -0.2) is 6.54 Å². The van der Waals surface area contributed by atoms with Crippen LogP contribution in [0.25, 0.3) is 0 Å². The number of aryl methyl sites for hydroxylation is 1. The van der Waals surface area contributed by atoms with Gasteiger partial charge in [-0.15, -0.1) is 0 Å². The topological polar surface area (TPSA) is 12.0 Å². The Hall–Kier alpha value is -1.02. The SMILES string of the molecule is CCCNC(Cc1ccc(C)cc1Cl)c1cccc(Cl)c1. The molecular weight excluding hydrogens is 301 g/mol. The Balaban J connectivity index is 2.23. The van der Waals surface area contributed by atoms with E-state index in [9.17, 15) is 0 Å². The summed E-state index contributed by atoms with van der Waals surface area (Å²) in [7, 11) is 0. The second-order valence-corrected chi connectivity index (χ2v) is 6.20. The lowest BCUT2D eigenvalue weighted by Gasteiger charge is -2.20. The standard InChI is InChI=1S/C18H21Cl2N/c1-3-9-21-18(15-5-4-6-16(19)11-15)12-14-8-7-13(2)10-17(14)20/h4-8,10-11,18,21H,3,9,12H2,1-2H3. The zero-order valence-electron chi connectivity index (χ0n) is 12.5. The van der Waals surface area contributed by atoms with Crippen molar-refractivity contribution in [1.82, 2.24) is 5.32 Å². The van der Waals surface area contributed by atoms with Crippen LogP contribution in [0.4, 0.5) is 0 Å². The predicted octanol–water partition coefficient (Wildman–Crippen LogP) is 5.59. The van der Waals surface area contributed by atoms with Gasteiger partial charge in [-0.1, -0.05) is 54.4 Å². The lowest BCUT2D eigenvalue weighted by molar-refractivity contribution is 0.529. The number of hydrogen-bond acceptors (Lipinski definition) is 1. The summed E-state index contributed by atoms with van der Waals surface area (Å²) in [6, 6.07) is 14.5. The van der Waals surface area contributed by atoms with Gasteiger partial charge in [-0.25, -0.2) is 0 Å². The van der Waals surface area contributed by atoms with E-state index in [1.807, 2.05) is 24.3 Å². The van der Waals surface area contributed by atoms with Crippen LogP contribution in [0.15, 0.2) is 42.5 Å². The summed E-state index contributed by atoms with van der Waals surface area (Å²) in [6.07, 6.45) is 1.96. The summed E-state index contributed by atoms with van der Waals surface area (Å²) in [5, 5.41) is 5.19. The molecule has 0 fully saturated rings. The quantitative estimate of drug-likeness (QED) is 0.731. The van der Waals surface area contributed by atoms with Gasteiger partial charge in [0.2, 0.25) is 0 Å². The molecule has 0 amide bonds. The average molecular weight is 322 g/mol. The van der Waals surface area contributed by atoms with Crippen molar-refractivity contribution in [3.05, 3.63) is 69.2 Å². The fraction of sp³-hybridized carbons (Fsp3) is 0.333. The van der Waals surface area contributed by atoms with Crippen molar-refractivity contribution < 1.29 is 0 Å². The molecule has 0 aromatic heterocycles. The molecule has 3 heteroatoms. The van der Waals surface area contributed by atoms with Gasteiger partial charge >= 0.3 is 0 Å². The van der Waals surface area contributed by atoms with E-state index in [0.717, 1.165) is 35.0 Å². The minimum Gasteiger partial charge on any atom is -0.310 e. The molecule has 21 heavy (non-hydrogen) atoms. The van der Waals surface area contributed by atoms with Crippen LogP contribution in [0.2, 0.25) is 10.0 Å². The molecule has 2 rings (SSSR count). The Morgan fingerprint density at radius 2 is 1.90 bits per heavy atom. The van der Waals surface area contributed by atoms with Crippen LogP contribution in [0.3, 0.4) is 0 Å². The van der Waals surface area contributed by atoms with Crippen molar-refractivity contribution in [3.63, 3.8) is 0 Å². The van der Waals surface area contributed by atoms with Gasteiger partial charge in [0.1, 0.15) is 0 Å². The van der Waals surface area contributed by atoms with Crippen molar-refractivity contribution in [2.75, 3.05) is 6.54 Å². The Bertz CT molecular complexity index is 596. The van der Waals surface area contributed by atoms with Crippen LogP contribution < -0.4 is 5.32 Å². The molecule has 0 aliphatic rings. The van der Waals surface area contributed by atoms with Crippen LogP contribution in [0.1, 0.15) is 36.1 Å². The summed E-state index contributed by atoms with van der Waals surface area (Å²) in [4.78, 5) is 0. The Morgan fingerprint density at radius 1 is 1.10 bits per heavy atom. The monoisotopic (exact) mass is 321 g/mol.